The summed E-state index contributed by atoms with van der Waals surface area (Å²) in [5.74, 6) is 2.51. The van der Waals surface area contributed by atoms with Gasteiger partial charge in [-0.05, 0) is 70.3 Å². The van der Waals surface area contributed by atoms with Crippen LogP contribution in [0.5, 0.6) is 11.5 Å². The zero-order valence-electron chi connectivity index (χ0n) is 20.3. The summed E-state index contributed by atoms with van der Waals surface area (Å²) in [5.41, 5.74) is 4.23. The van der Waals surface area contributed by atoms with E-state index in [0.717, 1.165) is 46.7 Å². The fraction of sp³-hybridized carbons (Fsp3) is 0.308. The average molecular weight is 472 g/mol. The third-order valence-electron chi connectivity index (χ3n) is 6.12. The maximum absolute atomic E-state index is 6.15. The molecule has 3 heterocycles. The van der Waals surface area contributed by atoms with E-state index < -0.39 is 0 Å². The number of hydrogen-bond acceptors (Lipinski definition) is 9. The largest absolute Gasteiger partial charge is 0.493 e. The van der Waals surface area contributed by atoms with E-state index in [-0.39, 0.29) is 6.10 Å². The molecule has 2 N–H and O–H groups in total. The van der Waals surface area contributed by atoms with Crippen LogP contribution in [0.25, 0.3) is 11.0 Å². The van der Waals surface area contributed by atoms with Gasteiger partial charge in [0, 0.05) is 29.7 Å². The average Bonchev–Trinajstić information content (AvgIpc) is 2.81. The number of methoxy groups -OCH3 is 1. The maximum Gasteiger partial charge on any atom is 0.229 e. The first kappa shape index (κ1) is 22.8. The Morgan fingerprint density at radius 1 is 0.886 bits per heavy atom. The highest BCUT2D eigenvalue weighted by Gasteiger charge is 2.32. The van der Waals surface area contributed by atoms with E-state index in [1.165, 1.54) is 0 Å². The van der Waals surface area contributed by atoms with Crippen molar-refractivity contribution in [2.75, 3.05) is 31.8 Å². The van der Waals surface area contributed by atoms with Crippen LogP contribution in [0.4, 0.5) is 23.1 Å². The van der Waals surface area contributed by atoms with Crippen LogP contribution in [-0.2, 0) is 0 Å². The second-order valence-corrected chi connectivity index (χ2v) is 8.92. The van der Waals surface area contributed by atoms with E-state index in [0.29, 0.717) is 23.6 Å². The van der Waals surface area contributed by atoms with E-state index in [4.69, 9.17) is 9.47 Å². The van der Waals surface area contributed by atoms with Crippen LogP contribution >= 0.6 is 0 Å². The van der Waals surface area contributed by atoms with Crippen LogP contribution in [0.3, 0.4) is 0 Å². The molecule has 1 saturated carbocycles. The van der Waals surface area contributed by atoms with Gasteiger partial charge >= 0.3 is 0 Å². The molecular weight excluding hydrogens is 442 g/mol. The van der Waals surface area contributed by atoms with Crippen molar-refractivity contribution in [1.29, 1.82) is 0 Å². The number of hydrogen-bond donors (Lipinski definition) is 2. The molecule has 35 heavy (non-hydrogen) atoms. The van der Waals surface area contributed by atoms with Gasteiger partial charge in [-0.1, -0.05) is 0 Å². The molecule has 9 nitrogen and oxygen atoms in total. The van der Waals surface area contributed by atoms with E-state index in [1.807, 2.05) is 43.3 Å². The Morgan fingerprint density at radius 2 is 1.74 bits per heavy atom. The Morgan fingerprint density at radius 3 is 2.54 bits per heavy atom. The van der Waals surface area contributed by atoms with Gasteiger partial charge in [-0.2, -0.15) is 4.98 Å². The molecular formula is C26H29N7O2. The number of nitrogens with zero attached hydrogens (tertiary/aromatic N) is 5. The number of benzene rings is 1. The molecule has 180 valence electrons. The van der Waals surface area contributed by atoms with Crippen molar-refractivity contribution in [3.05, 3.63) is 60.6 Å². The standard InChI is InChI=1S/C26H29N7O2/c1-16-5-7-21-22(29-16)11-18(15-28-21)30-25-9-10-27-26(32-25)31-17-6-8-23(24(12-17)34-4)35-20-13-19(14-20)33(2)3/h5-12,15,19-20H,13-14H2,1-4H3,(H2,27,30,31,32). The van der Waals surface area contributed by atoms with Crippen molar-refractivity contribution in [2.45, 2.75) is 31.9 Å². The van der Waals surface area contributed by atoms with Crippen LogP contribution in [0, 0.1) is 6.92 Å². The van der Waals surface area contributed by atoms with Gasteiger partial charge in [0.2, 0.25) is 5.95 Å². The fourth-order valence-electron chi connectivity index (χ4n) is 4.02. The van der Waals surface area contributed by atoms with Gasteiger partial charge in [0.25, 0.3) is 0 Å². The van der Waals surface area contributed by atoms with Gasteiger partial charge in [-0.3, -0.25) is 9.97 Å². The van der Waals surface area contributed by atoms with Crippen LogP contribution < -0.4 is 20.1 Å². The first-order valence-corrected chi connectivity index (χ1v) is 11.6. The van der Waals surface area contributed by atoms with Crippen LogP contribution in [0.15, 0.2) is 54.9 Å². The molecule has 0 aliphatic heterocycles. The van der Waals surface area contributed by atoms with Crippen LogP contribution in [0.2, 0.25) is 0 Å². The SMILES string of the molecule is COc1cc(Nc2nccc(Nc3cnc4ccc(C)nc4c3)n2)ccc1OC1CC(N(C)C)C1. The van der Waals surface area contributed by atoms with Crippen LogP contribution in [-0.4, -0.2) is 58.2 Å². The van der Waals surface area contributed by atoms with E-state index in [9.17, 15) is 0 Å². The minimum Gasteiger partial charge on any atom is -0.493 e. The van der Waals surface area contributed by atoms with Gasteiger partial charge in [-0.15, -0.1) is 0 Å². The molecule has 9 heteroatoms. The molecule has 0 unspecified atom stereocenters. The second kappa shape index (κ2) is 9.71. The normalized spacial score (nSPS) is 17.2. The molecule has 0 radical (unpaired) electrons. The van der Waals surface area contributed by atoms with E-state index in [2.05, 4.69) is 49.6 Å². The van der Waals surface area contributed by atoms with Crippen molar-refractivity contribution < 1.29 is 9.47 Å². The minimum absolute atomic E-state index is 0.213. The summed E-state index contributed by atoms with van der Waals surface area (Å²) >= 11 is 0. The van der Waals surface area contributed by atoms with Crippen molar-refractivity contribution in [3.63, 3.8) is 0 Å². The Labute approximate surface area is 204 Å². The topological polar surface area (TPSA) is 97.3 Å². The minimum atomic E-state index is 0.213. The number of ether oxygens (including phenoxy) is 2. The number of rotatable bonds is 8. The monoisotopic (exact) mass is 471 g/mol. The van der Waals surface area contributed by atoms with Crippen LogP contribution in [0.1, 0.15) is 18.5 Å². The molecule has 0 bridgehead atoms. The number of nitrogens with one attached hydrogen (secondary N) is 2. The summed E-state index contributed by atoms with van der Waals surface area (Å²) in [5, 5.41) is 6.52. The van der Waals surface area contributed by atoms with E-state index in [1.54, 1.807) is 25.6 Å². The third kappa shape index (κ3) is 5.25. The Bertz CT molecular complexity index is 1340. The Balaban J connectivity index is 1.27. The first-order chi connectivity index (χ1) is 17.0. The molecule has 4 aromatic rings. The first-order valence-electron chi connectivity index (χ1n) is 11.6. The molecule has 0 saturated heterocycles. The number of pyridine rings is 2. The number of aromatic nitrogens is 4. The third-order valence-corrected chi connectivity index (χ3v) is 6.12. The highest BCUT2D eigenvalue weighted by molar-refractivity contribution is 5.78. The summed E-state index contributed by atoms with van der Waals surface area (Å²) in [6.07, 6.45) is 5.71. The van der Waals surface area contributed by atoms with Crippen molar-refractivity contribution in [1.82, 2.24) is 24.8 Å². The number of anilines is 4. The summed E-state index contributed by atoms with van der Waals surface area (Å²) in [4.78, 5) is 20.2. The molecule has 1 fully saturated rings. The molecule has 1 aromatic carbocycles. The lowest BCUT2D eigenvalue weighted by Gasteiger charge is -2.39. The highest BCUT2D eigenvalue weighted by Crippen LogP contribution is 2.36. The van der Waals surface area contributed by atoms with Gasteiger partial charge in [0.05, 0.1) is 30.0 Å². The van der Waals surface area contributed by atoms with Crippen molar-refractivity contribution >= 4 is 34.2 Å². The predicted molar refractivity (Wildman–Crippen MR) is 137 cm³/mol. The smallest absolute Gasteiger partial charge is 0.229 e. The predicted octanol–water partition coefficient (Wildman–Crippen LogP) is 4.70. The molecule has 5 rings (SSSR count). The molecule has 3 aromatic heterocycles. The Kier molecular flexibility index (Phi) is 6.33. The molecule has 1 aliphatic carbocycles. The van der Waals surface area contributed by atoms with Crippen molar-refractivity contribution in [2.24, 2.45) is 0 Å². The quantitative estimate of drug-likeness (QED) is 0.379. The van der Waals surface area contributed by atoms with Crippen molar-refractivity contribution in [3.8, 4) is 11.5 Å². The number of aryl methyl sites for hydroxylation is 1. The zero-order valence-corrected chi connectivity index (χ0v) is 20.3. The summed E-state index contributed by atoms with van der Waals surface area (Å²) < 4.78 is 11.7. The summed E-state index contributed by atoms with van der Waals surface area (Å²) in [7, 11) is 5.85. The van der Waals surface area contributed by atoms with Gasteiger partial charge < -0.3 is 25.0 Å². The lowest BCUT2D eigenvalue weighted by molar-refractivity contribution is 0.0383. The highest BCUT2D eigenvalue weighted by atomic mass is 16.5. The molecule has 1 aliphatic rings. The van der Waals surface area contributed by atoms with Gasteiger partial charge in [0.1, 0.15) is 11.9 Å². The number of fused-ring (bicyclic) bond motifs is 1. The zero-order chi connectivity index (χ0) is 24.4. The summed E-state index contributed by atoms with van der Waals surface area (Å²) in [6.45, 7) is 1.96. The fourth-order valence-corrected chi connectivity index (χ4v) is 4.02. The van der Waals surface area contributed by atoms with Gasteiger partial charge in [-0.25, -0.2) is 4.98 Å². The summed E-state index contributed by atoms with van der Waals surface area (Å²) in [6, 6.07) is 14.0. The lowest BCUT2D eigenvalue weighted by atomic mass is 9.88. The van der Waals surface area contributed by atoms with Gasteiger partial charge in [0.15, 0.2) is 11.5 Å². The van der Waals surface area contributed by atoms with E-state index >= 15 is 0 Å². The molecule has 0 spiro atoms. The molecule has 0 amide bonds. The maximum atomic E-state index is 6.15. The lowest BCUT2D eigenvalue weighted by Crippen LogP contribution is -2.46. The molecule has 0 atom stereocenters. The second-order valence-electron chi connectivity index (χ2n) is 8.92. The Hall–Kier alpha value is -3.98.